The molecule has 8 heteroatoms. The predicted molar refractivity (Wildman–Crippen MR) is 123 cm³/mol. The minimum Gasteiger partial charge on any atom is -0.465 e. The number of hydrogen-bond donors (Lipinski definition) is 1. The summed E-state index contributed by atoms with van der Waals surface area (Å²) in [6, 6.07) is 11.0. The maximum absolute atomic E-state index is 13.9. The summed E-state index contributed by atoms with van der Waals surface area (Å²) in [5.41, 5.74) is 1.40. The Kier molecular flexibility index (Phi) is 9.11. The number of rotatable bonds is 10. The van der Waals surface area contributed by atoms with Gasteiger partial charge in [0.25, 0.3) is 5.91 Å². The van der Waals surface area contributed by atoms with Crippen LogP contribution in [0.3, 0.4) is 0 Å². The molecule has 2 aromatic carbocycles. The molecule has 0 aromatic heterocycles. The van der Waals surface area contributed by atoms with Crippen LogP contribution in [0.1, 0.15) is 41.3 Å². The third-order valence-electron chi connectivity index (χ3n) is 5.44. The lowest BCUT2D eigenvalue weighted by molar-refractivity contribution is -0.899. The molecule has 1 atom stereocenters. The number of halogens is 1. The van der Waals surface area contributed by atoms with Gasteiger partial charge in [-0.05, 0) is 36.6 Å². The maximum atomic E-state index is 13.9. The minimum absolute atomic E-state index is 0.0167. The van der Waals surface area contributed by atoms with Gasteiger partial charge in [-0.3, -0.25) is 4.79 Å². The Morgan fingerprint density at radius 2 is 1.79 bits per heavy atom. The van der Waals surface area contributed by atoms with Crippen molar-refractivity contribution in [1.29, 1.82) is 0 Å². The molecular formula is C25H32FN2O5+. The van der Waals surface area contributed by atoms with E-state index in [1.165, 1.54) is 13.2 Å². The second-order valence-corrected chi connectivity index (χ2v) is 8.51. The summed E-state index contributed by atoms with van der Waals surface area (Å²) in [6.07, 6.45) is 1.20. The van der Waals surface area contributed by atoms with Gasteiger partial charge in [0.15, 0.2) is 12.6 Å². The first-order valence-corrected chi connectivity index (χ1v) is 10.8. The number of methoxy groups -OCH3 is 1. The Hall–Kier alpha value is -3.26. The van der Waals surface area contributed by atoms with Crippen molar-refractivity contribution >= 4 is 23.5 Å². The van der Waals surface area contributed by atoms with Crippen molar-refractivity contribution in [2.45, 2.75) is 39.3 Å². The topological polar surface area (TPSA) is 81.7 Å². The van der Waals surface area contributed by atoms with E-state index in [1.54, 1.807) is 21.0 Å². The number of ether oxygens (including phenoxy) is 2. The highest BCUT2D eigenvalue weighted by Crippen LogP contribution is 2.25. The number of carbonyl (C=O) groups is 3. The Labute approximate surface area is 194 Å². The zero-order valence-electron chi connectivity index (χ0n) is 19.8. The molecule has 1 N–H and O–H groups in total. The summed E-state index contributed by atoms with van der Waals surface area (Å²) in [7, 11) is 4.75. The fourth-order valence-electron chi connectivity index (χ4n) is 3.68. The number of carbonyl (C=O) groups excluding carboxylic acids is 3. The molecule has 0 aliphatic heterocycles. The number of hydrogen-bond acceptors (Lipinski definition) is 5. The van der Waals surface area contributed by atoms with E-state index in [-0.39, 0.29) is 34.8 Å². The number of nitrogens with one attached hydrogen (secondary N) is 1. The van der Waals surface area contributed by atoms with Crippen LogP contribution in [0.2, 0.25) is 0 Å². The molecule has 7 nitrogen and oxygen atoms in total. The standard InChI is InChI=1S/C25H31FN2O5/c1-6-10-21(28(3,4)15-22(29)33-16-18-11-8-7-9-12-18)24(30)27-23-17(2)13-19(26)14-20(23)25(31)32-5/h7-9,11-14,21H,6,10,15-16H2,1-5H3/p+1. The first-order valence-electron chi connectivity index (χ1n) is 10.8. The van der Waals surface area contributed by atoms with Crippen LogP contribution < -0.4 is 5.32 Å². The quantitative estimate of drug-likeness (QED) is 0.431. The minimum atomic E-state index is -0.752. The molecule has 0 saturated heterocycles. The van der Waals surface area contributed by atoms with Crippen molar-refractivity contribution in [1.82, 2.24) is 0 Å². The highest BCUT2D eigenvalue weighted by Gasteiger charge is 2.37. The van der Waals surface area contributed by atoms with Gasteiger partial charge in [-0.25, -0.2) is 14.0 Å². The Balaban J connectivity index is 2.18. The third-order valence-corrected chi connectivity index (χ3v) is 5.44. The summed E-state index contributed by atoms with van der Waals surface area (Å²) in [6.45, 7) is 3.68. The van der Waals surface area contributed by atoms with Gasteiger partial charge in [0, 0.05) is 6.42 Å². The van der Waals surface area contributed by atoms with E-state index < -0.39 is 23.8 Å². The van der Waals surface area contributed by atoms with Crippen molar-refractivity contribution in [3.63, 3.8) is 0 Å². The van der Waals surface area contributed by atoms with E-state index in [1.807, 2.05) is 37.3 Å². The average Bonchev–Trinajstić information content (AvgIpc) is 2.77. The lowest BCUT2D eigenvalue weighted by Gasteiger charge is -2.36. The number of nitrogens with zero attached hydrogens (tertiary/aromatic N) is 1. The smallest absolute Gasteiger partial charge is 0.362 e. The van der Waals surface area contributed by atoms with Crippen LogP contribution >= 0.6 is 0 Å². The fourth-order valence-corrected chi connectivity index (χ4v) is 3.68. The van der Waals surface area contributed by atoms with Crippen LogP contribution in [0.25, 0.3) is 0 Å². The normalized spacial score (nSPS) is 12.1. The lowest BCUT2D eigenvalue weighted by atomic mass is 10.0. The van der Waals surface area contributed by atoms with Gasteiger partial charge in [0.2, 0.25) is 0 Å². The van der Waals surface area contributed by atoms with Gasteiger partial charge in [-0.1, -0.05) is 37.3 Å². The van der Waals surface area contributed by atoms with Crippen LogP contribution in [0.5, 0.6) is 0 Å². The van der Waals surface area contributed by atoms with Crippen molar-refractivity contribution in [2.24, 2.45) is 0 Å². The third kappa shape index (κ3) is 7.12. The second-order valence-electron chi connectivity index (χ2n) is 8.51. The summed E-state index contributed by atoms with van der Waals surface area (Å²) >= 11 is 0. The monoisotopic (exact) mass is 459 g/mol. The first kappa shape index (κ1) is 26.0. The summed E-state index contributed by atoms with van der Waals surface area (Å²) < 4.78 is 24.1. The first-order chi connectivity index (χ1) is 15.6. The summed E-state index contributed by atoms with van der Waals surface area (Å²) in [4.78, 5) is 38.0. The number of benzene rings is 2. The number of esters is 2. The van der Waals surface area contributed by atoms with E-state index >= 15 is 0 Å². The molecule has 0 heterocycles. The SMILES string of the molecule is CCCC(C(=O)Nc1c(C)cc(F)cc1C(=O)OC)[N+](C)(C)CC(=O)OCc1ccccc1. The molecule has 2 rings (SSSR count). The second kappa shape index (κ2) is 11.6. The van der Waals surface area contributed by atoms with Crippen molar-refractivity contribution in [3.05, 3.63) is 65.0 Å². The van der Waals surface area contributed by atoms with E-state index in [9.17, 15) is 18.8 Å². The van der Waals surface area contributed by atoms with Crippen LogP contribution in [0, 0.1) is 12.7 Å². The van der Waals surface area contributed by atoms with Gasteiger partial charge < -0.3 is 19.3 Å². The van der Waals surface area contributed by atoms with Gasteiger partial charge in [0.1, 0.15) is 12.4 Å². The number of anilines is 1. The largest absolute Gasteiger partial charge is 0.465 e. The average molecular weight is 460 g/mol. The van der Waals surface area contributed by atoms with E-state index in [2.05, 4.69) is 5.32 Å². The van der Waals surface area contributed by atoms with Gasteiger partial charge in [-0.2, -0.15) is 0 Å². The molecular weight excluding hydrogens is 427 g/mol. The fraction of sp³-hybridized carbons (Fsp3) is 0.400. The van der Waals surface area contributed by atoms with E-state index in [4.69, 9.17) is 9.47 Å². The van der Waals surface area contributed by atoms with Crippen molar-refractivity contribution in [2.75, 3.05) is 33.1 Å². The van der Waals surface area contributed by atoms with Crippen molar-refractivity contribution < 1.29 is 32.7 Å². The maximum Gasteiger partial charge on any atom is 0.362 e. The number of amides is 1. The van der Waals surface area contributed by atoms with Gasteiger partial charge >= 0.3 is 11.9 Å². The molecule has 0 spiro atoms. The zero-order chi connectivity index (χ0) is 24.6. The Morgan fingerprint density at radius 1 is 1.12 bits per heavy atom. The Bertz CT molecular complexity index is 992. The predicted octanol–water partition coefficient (Wildman–Crippen LogP) is 3.85. The lowest BCUT2D eigenvalue weighted by Crippen LogP contribution is -2.57. The molecule has 0 bridgehead atoms. The highest BCUT2D eigenvalue weighted by molar-refractivity contribution is 6.03. The van der Waals surface area contributed by atoms with Gasteiger partial charge in [0.05, 0.1) is 32.5 Å². The molecule has 33 heavy (non-hydrogen) atoms. The van der Waals surface area contributed by atoms with Crippen LogP contribution in [-0.2, 0) is 25.7 Å². The molecule has 178 valence electrons. The highest BCUT2D eigenvalue weighted by atomic mass is 19.1. The van der Waals surface area contributed by atoms with E-state index in [0.29, 0.717) is 18.4 Å². The van der Waals surface area contributed by atoms with Gasteiger partial charge in [-0.15, -0.1) is 0 Å². The molecule has 0 aliphatic carbocycles. The van der Waals surface area contributed by atoms with Crippen LogP contribution in [0.4, 0.5) is 10.1 Å². The van der Waals surface area contributed by atoms with Crippen molar-refractivity contribution in [3.8, 4) is 0 Å². The number of likely N-dealkylation sites (N-methyl/N-ethyl adjacent to an activating group) is 1. The van der Waals surface area contributed by atoms with Crippen LogP contribution in [-0.4, -0.2) is 56.1 Å². The zero-order valence-corrected chi connectivity index (χ0v) is 19.8. The Morgan fingerprint density at radius 3 is 2.39 bits per heavy atom. The molecule has 0 radical (unpaired) electrons. The summed E-state index contributed by atoms with van der Waals surface area (Å²) in [5, 5.41) is 2.77. The molecule has 0 saturated carbocycles. The van der Waals surface area contributed by atoms with Crippen LogP contribution in [0.15, 0.2) is 42.5 Å². The number of quaternary nitrogens is 1. The molecule has 1 amide bonds. The molecule has 0 aliphatic rings. The summed E-state index contributed by atoms with van der Waals surface area (Å²) in [5.74, 6) is -2.16. The molecule has 1 unspecified atom stereocenters. The molecule has 2 aromatic rings. The van der Waals surface area contributed by atoms with E-state index in [0.717, 1.165) is 11.6 Å². The number of aryl methyl sites for hydroxylation is 1. The molecule has 0 fully saturated rings.